The summed E-state index contributed by atoms with van der Waals surface area (Å²) in [6.07, 6.45) is 11.0. The van der Waals surface area contributed by atoms with Gasteiger partial charge < -0.3 is 34.2 Å². The van der Waals surface area contributed by atoms with Crippen molar-refractivity contribution in [3.05, 3.63) is 126 Å². The van der Waals surface area contributed by atoms with Gasteiger partial charge in [-0.25, -0.2) is 0 Å². The molecule has 8 rings (SSSR count). The van der Waals surface area contributed by atoms with E-state index in [-0.39, 0.29) is 49.4 Å². The Hall–Kier alpha value is -5.03. The quantitative estimate of drug-likeness (QED) is 0.0543. The van der Waals surface area contributed by atoms with Crippen LogP contribution in [0, 0.1) is 30.6 Å². The Kier molecular flexibility index (Phi) is 13.7. The van der Waals surface area contributed by atoms with Gasteiger partial charge in [-0.2, -0.15) is 0 Å². The number of hydrogen-bond acceptors (Lipinski definition) is 9. The number of allylic oxidation sites excluding steroid dienone is 1. The number of nitrogens with zero attached hydrogens (tertiary/aromatic N) is 3. The minimum Gasteiger partial charge on any atom is -0.487 e. The second kappa shape index (κ2) is 19.4. The van der Waals surface area contributed by atoms with Gasteiger partial charge in [-0.15, -0.1) is 6.58 Å². The Morgan fingerprint density at radius 2 is 1.75 bits per heavy atom. The van der Waals surface area contributed by atoms with Gasteiger partial charge >= 0.3 is 0 Å². The molecule has 3 aliphatic carbocycles. The summed E-state index contributed by atoms with van der Waals surface area (Å²) in [6, 6.07) is 26.1. The van der Waals surface area contributed by atoms with Crippen LogP contribution in [-0.2, 0) is 27.5 Å². The molecule has 0 bridgehead atoms. The number of amides is 1. The van der Waals surface area contributed by atoms with E-state index in [4.69, 9.17) is 24.2 Å². The van der Waals surface area contributed by atoms with Crippen molar-refractivity contribution in [2.45, 2.75) is 122 Å². The number of ether oxygens (including phenoxy) is 3. The van der Waals surface area contributed by atoms with E-state index in [9.17, 15) is 10.2 Å². The first-order valence-electron chi connectivity index (χ1n) is 23.1. The van der Waals surface area contributed by atoms with E-state index in [1.54, 1.807) is 6.08 Å². The highest BCUT2D eigenvalue weighted by Gasteiger charge is 2.66. The van der Waals surface area contributed by atoms with Gasteiger partial charge in [0.2, 0.25) is 11.7 Å². The van der Waals surface area contributed by atoms with Crippen LogP contribution in [0.1, 0.15) is 107 Å². The molecule has 2 N–H and O–H groups in total. The third kappa shape index (κ3) is 9.74. The molecule has 0 spiro atoms. The largest absolute Gasteiger partial charge is 0.487 e. The highest BCUT2D eigenvalue weighted by molar-refractivity contribution is 6.03. The zero-order chi connectivity index (χ0) is 44.1. The van der Waals surface area contributed by atoms with E-state index in [1.807, 2.05) is 64.1 Å². The minimum absolute atomic E-state index is 0.0812. The van der Waals surface area contributed by atoms with Gasteiger partial charge in [-0.1, -0.05) is 78.7 Å². The van der Waals surface area contributed by atoms with Crippen LogP contribution in [0.25, 0.3) is 10.8 Å². The summed E-state index contributed by atoms with van der Waals surface area (Å²) in [5, 5.41) is 27.3. The first kappa shape index (κ1) is 44.6. The molecule has 0 radical (unpaired) electrons. The molecule has 4 aromatic rings. The van der Waals surface area contributed by atoms with E-state index in [0.29, 0.717) is 43.9 Å². The van der Waals surface area contributed by atoms with Crippen LogP contribution in [0.5, 0.6) is 11.5 Å². The average Bonchev–Trinajstić information content (AvgIpc) is 4.13. The molecule has 4 aliphatic rings. The minimum atomic E-state index is -1.34. The number of aliphatic hydroxyl groups excluding tert-OH is 2. The second-order valence-electron chi connectivity index (χ2n) is 18.9. The first-order valence-corrected chi connectivity index (χ1v) is 23.1. The van der Waals surface area contributed by atoms with Crippen LogP contribution in [0.15, 0.2) is 108 Å². The maximum Gasteiger partial charge on any atom is 0.239 e. The molecular formula is C53H65N3O7. The number of aliphatic hydroxyl groups is 2. The SMILES string of the molecule is C=CCO[C@@]12Oc3ccc(OCc4cccc(C)n4)cc3[C@H]3[C@H](CCCCO)[C@@H](CCCCO)C=C(C(=NOC(C)(C)C)C[C@@H]1N(Cc1cccc4ccccc14)C(=O)C1CC1)[C@H]32. The summed E-state index contributed by atoms with van der Waals surface area (Å²) in [7, 11) is 0. The fourth-order valence-electron chi connectivity index (χ4n) is 10.3. The standard InChI is InChI=1S/C53H65N3O7/c1-6-29-61-53-48(56(51(59)37-23-24-37)33-39-19-14-18-36-16-7-8-21-42(36)39)32-46(55-63-52(3,4)5)44-30-38(17-9-11-27-57)43(22-10-12-28-58)49(50(44)53)45-31-41(25-26-47(45)62-53)60-34-40-20-13-15-35(2)54-40/h6-8,13-16,18-21,25-26,30-31,37-38,43,48-50,57-58H,1,9-12,17,22-24,27-29,32-34H2,2-5H3/t38-,43+,48-,49+,50+,53+/m0/s1. The molecular weight excluding hydrogens is 791 g/mol. The Balaban J connectivity index is 1.34. The number of rotatable bonds is 19. The van der Waals surface area contributed by atoms with Gasteiger partial charge in [0.05, 0.1) is 23.9 Å². The number of unbranched alkanes of at least 4 members (excludes halogenated alkanes) is 2. The van der Waals surface area contributed by atoms with Crippen molar-refractivity contribution in [2.24, 2.45) is 28.8 Å². The van der Waals surface area contributed by atoms with Crippen LogP contribution < -0.4 is 9.47 Å². The van der Waals surface area contributed by atoms with Crippen molar-refractivity contribution < 1.29 is 34.1 Å². The molecule has 334 valence electrons. The van der Waals surface area contributed by atoms with E-state index in [2.05, 4.69) is 65.0 Å². The summed E-state index contributed by atoms with van der Waals surface area (Å²) in [6.45, 7) is 13.2. The van der Waals surface area contributed by atoms with Crippen LogP contribution >= 0.6 is 0 Å². The average molecular weight is 856 g/mol. The number of pyridine rings is 1. The molecule has 1 aromatic heterocycles. The lowest BCUT2D eigenvalue weighted by Crippen LogP contribution is -2.70. The van der Waals surface area contributed by atoms with Crippen molar-refractivity contribution in [1.82, 2.24) is 9.88 Å². The molecule has 1 aliphatic heterocycles. The third-order valence-corrected chi connectivity index (χ3v) is 13.2. The van der Waals surface area contributed by atoms with Crippen LogP contribution in [0.2, 0.25) is 0 Å². The summed E-state index contributed by atoms with van der Waals surface area (Å²) in [4.78, 5) is 28.2. The number of hydrogen-bond donors (Lipinski definition) is 2. The highest BCUT2D eigenvalue weighted by Crippen LogP contribution is 2.62. The third-order valence-electron chi connectivity index (χ3n) is 13.2. The molecule has 3 aromatic carbocycles. The fourth-order valence-corrected chi connectivity index (χ4v) is 10.3. The van der Waals surface area contributed by atoms with E-state index in [1.165, 1.54) is 0 Å². The first-order chi connectivity index (χ1) is 30.5. The van der Waals surface area contributed by atoms with Gasteiger partial charge in [-0.3, -0.25) is 9.78 Å². The fraction of sp³-hybridized carbons (Fsp3) is 0.491. The molecule has 2 fully saturated rings. The lowest BCUT2D eigenvalue weighted by molar-refractivity contribution is -0.258. The Morgan fingerprint density at radius 1 is 0.984 bits per heavy atom. The summed E-state index contributed by atoms with van der Waals surface area (Å²) in [5.41, 5.74) is 5.08. The van der Waals surface area contributed by atoms with Crippen molar-refractivity contribution in [3.8, 4) is 11.5 Å². The molecule has 63 heavy (non-hydrogen) atoms. The molecule has 0 unspecified atom stereocenters. The second-order valence-corrected chi connectivity index (χ2v) is 18.9. The maximum atomic E-state index is 15.1. The van der Waals surface area contributed by atoms with Crippen molar-refractivity contribution in [3.63, 3.8) is 0 Å². The maximum absolute atomic E-state index is 15.1. The van der Waals surface area contributed by atoms with Crippen LogP contribution in [0.3, 0.4) is 0 Å². The van der Waals surface area contributed by atoms with Crippen molar-refractivity contribution in [1.29, 1.82) is 0 Å². The topological polar surface area (TPSA) is 123 Å². The predicted octanol–water partition coefficient (Wildman–Crippen LogP) is 9.99. The van der Waals surface area contributed by atoms with Crippen LogP contribution in [0.4, 0.5) is 0 Å². The van der Waals surface area contributed by atoms with Gasteiger partial charge in [0.15, 0.2) is 0 Å². The summed E-state index contributed by atoms with van der Waals surface area (Å²) >= 11 is 0. The van der Waals surface area contributed by atoms with Gasteiger partial charge in [0.1, 0.15) is 29.7 Å². The van der Waals surface area contributed by atoms with E-state index < -0.39 is 23.3 Å². The number of carbonyl (C=O) groups excluding carboxylic acids is 1. The van der Waals surface area contributed by atoms with Crippen molar-refractivity contribution in [2.75, 3.05) is 19.8 Å². The number of fused-ring (bicyclic) bond motifs is 3. The summed E-state index contributed by atoms with van der Waals surface area (Å²) < 4.78 is 21.3. The lowest BCUT2D eigenvalue weighted by atomic mass is 9.55. The normalized spacial score (nSPS) is 24.5. The number of carbonyl (C=O) groups is 1. The molecule has 0 saturated heterocycles. The van der Waals surface area contributed by atoms with E-state index in [0.717, 1.165) is 83.1 Å². The molecule has 10 heteroatoms. The highest BCUT2D eigenvalue weighted by atomic mass is 16.7. The number of aryl methyl sites for hydroxylation is 1. The van der Waals surface area contributed by atoms with Gasteiger partial charge in [-0.05, 0) is 130 Å². The van der Waals surface area contributed by atoms with Gasteiger partial charge in [0.25, 0.3) is 0 Å². The molecule has 10 nitrogen and oxygen atoms in total. The van der Waals surface area contributed by atoms with Crippen molar-refractivity contribution >= 4 is 22.4 Å². The zero-order valence-electron chi connectivity index (χ0n) is 37.5. The number of aromatic nitrogens is 1. The lowest BCUT2D eigenvalue weighted by Gasteiger charge is -2.60. The van der Waals surface area contributed by atoms with Crippen LogP contribution in [-0.4, -0.2) is 69.0 Å². The summed E-state index contributed by atoms with van der Waals surface area (Å²) in [5.74, 6) is -0.271. The number of benzene rings is 3. The predicted molar refractivity (Wildman–Crippen MR) is 246 cm³/mol. The van der Waals surface area contributed by atoms with Gasteiger partial charge in [0, 0.05) is 49.3 Å². The molecule has 6 atom stereocenters. The van der Waals surface area contributed by atoms with E-state index >= 15 is 4.79 Å². The Labute approximate surface area is 373 Å². The molecule has 1 amide bonds. The monoisotopic (exact) mass is 855 g/mol. The smallest absolute Gasteiger partial charge is 0.239 e. The number of oxime groups is 1. The zero-order valence-corrected chi connectivity index (χ0v) is 37.5. The Bertz CT molecular complexity index is 2310. The molecule has 2 saturated carbocycles. The Morgan fingerprint density at radius 3 is 2.49 bits per heavy atom. The molecule has 2 heterocycles.